The van der Waals surface area contributed by atoms with Crippen LogP contribution < -0.4 is 10.6 Å². The molecule has 2 unspecified atom stereocenters. The molecule has 0 radical (unpaired) electrons. The molecule has 0 aromatic heterocycles. The van der Waals surface area contributed by atoms with Crippen LogP contribution >= 0.6 is 0 Å². The molecule has 0 spiro atoms. The zero-order chi connectivity index (χ0) is 19.8. The minimum Gasteiger partial charge on any atom is -0.481 e. The van der Waals surface area contributed by atoms with Crippen LogP contribution in [0.15, 0.2) is 48.5 Å². The predicted octanol–water partition coefficient (Wildman–Crippen LogP) is 3.80. The van der Waals surface area contributed by atoms with Crippen molar-refractivity contribution in [3.63, 3.8) is 0 Å². The van der Waals surface area contributed by atoms with Gasteiger partial charge in [0.15, 0.2) is 11.6 Å². The smallest absolute Gasteiger partial charge is 0.315 e. The number of carbonyl (C=O) groups is 2. The zero-order valence-corrected chi connectivity index (χ0v) is 14.9. The number of carboxylic acids is 1. The molecular weight excluding hydrogens is 354 g/mol. The van der Waals surface area contributed by atoms with Crippen molar-refractivity contribution in [1.82, 2.24) is 10.6 Å². The molecule has 0 saturated carbocycles. The Hall–Kier alpha value is -2.96. The van der Waals surface area contributed by atoms with Gasteiger partial charge in [-0.2, -0.15) is 0 Å². The van der Waals surface area contributed by atoms with Crippen LogP contribution in [-0.4, -0.2) is 23.1 Å². The molecule has 2 aromatic rings. The van der Waals surface area contributed by atoms with E-state index in [0.29, 0.717) is 6.42 Å². The van der Waals surface area contributed by atoms with Gasteiger partial charge >= 0.3 is 12.0 Å². The summed E-state index contributed by atoms with van der Waals surface area (Å²) in [5.41, 5.74) is 0.993. The largest absolute Gasteiger partial charge is 0.481 e. The zero-order valence-electron chi connectivity index (χ0n) is 14.9. The lowest BCUT2D eigenvalue weighted by molar-refractivity contribution is -0.137. The quantitative estimate of drug-likeness (QED) is 0.656. The maximum absolute atomic E-state index is 13.9. The van der Waals surface area contributed by atoms with E-state index in [1.54, 1.807) is 6.92 Å². The van der Waals surface area contributed by atoms with Gasteiger partial charge in [0.1, 0.15) is 0 Å². The molecule has 0 aliphatic rings. The second kappa shape index (κ2) is 9.66. The van der Waals surface area contributed by atoms with Crippen molar-refractivity contribution in [2.45, 2.75) is 38.3 Å². The summed E-state index contributed by atoms with van der Waals surface area (Å²) >= 11 is 0. The first-order valence-corrected chi connectivity index (χ1v) is 8.63. The number of carbonyl (C=O) groups excluding carboxylic acids is 1. The van der Waals surface area contributed by atoms with Crippen LogP contribution in [0.4, 0.5) is 13.6 Å². The Kier molecular flexibility index (Phi) is 7.28. The third-order valence-corrected chi connectivity index (χ3v) is 4.16. The number of nitrogens with one attached hydrogen (secondary N) is 2. The summed E-state index contributed by atoms with van der Waals surface area (Å²) in [7, 11) is 0. The molecule has 3 N–H and O–H groups in total. The Bertz CT molecular complexity index is 784. The van der Waals surface area contributed by atoms with E-state index in [-0.39, 0.29) is 18.4 Å². The van der Waals surface area contributed by atoms with E-state index < -0.39 is 35.7 Å². The van der Waals surface area contributed by atoms with Crippen LogP contribution in [-0.2, 0) is 11.2 Å². The topological polar surface area (TPSA) is 78.4 Å². The Morgan fingerprint density at radius 2 is 1.74 bits per heavy atom. The van der Waals surface area contributed by atoms with E-state index in [2.05, 4.69) is 10.6 Å². The van der Waals surface area contributed by atoms with Crippen molar-refractivity contribution in [1.29, 1.82) is 0 Å². The lowest BCUT2D eigenvalue weighted by atomic mass is 10.0. The van der Waals surface area contributed by atoms with Gasteiger partial charge in [0.2, 0.25) is 0 Å². The second-order valence-corrected chi connectivity index (χ2v) is 6.30. The number of aliphatic carboxylic acids is 1. The van der Waals surface area contributed by atoms with Crippen LogP contribution in [0.2, 0.25) is 0 Å². The first-order chi connectivity index (χ1) is 12.9. The average molecular weight is 376 g/mol. The number of amides is 2. The highest BCUT2D eigenvalue weighted by Gasteiger charge is 2.19. The second-order valence-electron chi connectivity index (χ2n) is 6.30. The van der Waals surface area contributed by atoms with Crippen molar-refractivity contribution < 1.29 is 23.5 Å². The monoisotopic (exact) mass is 376 g/mol. The van der Waals surface area contributed by atoms with Gasteiger partial charge in [0, 0.05) is 18.0 Å². The Labute approximate surface area is 156 Å². The van der Waals surface area contributed by atoms with Gasteiger partial charge in [-0.25, -0.2) is 13.6 Å². The first kappa shape index (κ1) is 20.4. The maximum Gasteiger partial charge on any atom is 0.315 e. The third kappa shape index (κ3) is 6.36. The Balaban J connectivity index is 2.01. The molecule has 27 heavy (non-hydrogen) atoms. The van der Waals surface area contributed by atoms with E-state index in [4.69, 9.17) is 5.11 Å². The van der Waals surface area contributed by atoms with Crippen LogP contribution in [0.5, 0.6) is 0 Å². The molecule has 2 atom stereocenters. The average Bonchev–Trinajstić information content (AvgIpc) is 2.62. The molecule has 0 saturated heterocycles. The van der Waals surface area contributed by atoms with Crippen molar-refractivity contribution in [2.24, 2.45) is 0 Å². The molecule has 0 heterocycles. The lowest BCUT2D eigenvalue weighted by Crippen LogP contribution is -2.44. The first-order valence-electron chi connectivity index (χ1n) is 8.63. The minimum absolute atomic E-state index is 0.0373. The van der Waals surface area contributed by atoms with Gasteiger partial charge in [-0.3, -0.25) is 4.79 Å². The number of hydrogen-bond donors (Lipinski definition) is 3. The van der Waals surface area contributed by atoms with E-state index >= 15 is 0 Å². The SMILES string of the molecule is CC(NC(=O)NC(CCC(=O)O)Cc1ccccc1)c1cccc(F)c1F. The van der Waals surface area contributed by atoms with Crippen LogP contribution in [0.3, 0.4) is 0 Å². The summed E-state index contributed by atoms with van der Waals surface area (Å²) in [6, 6.07) is 11.4. The number of urea groups is 1. The summed E-state index contributed by atoms with van der Waals surface area (Å²) < 4.78 is 27.2. The van der Waals surface area contributed by atoms with Gasteiger partial charge in [0.05, 0.1) is 6.04 Å². The number of benzene rings is 2. The van der Waals surface area contributed by atoms with Crippen molar-refractivity contribution in [3.8, 4) is 0 Å². The summed E-state index contributed by atoms with van der Waals surface area (Å²) in [6.07, 6.45) is 0.621. The van der Waals surface area contributed by atoms with E-state index in [0.717, 1.165) is 11.6 Å². The normalized spacial score (nSPS) is 12.9. The molecule has 0 fully saturated rings. The van der Waals surface area contributed by atoms with Crippen molar-refractivity contribution in [2.75, 3.05) is 0 Å². The summed E-state index contributed by atoms with van der Waals surface area (Å²) in [6.45, 7) is 1.54. The summed E-state index contributed by atoms with van der Waals surface area (Å²) in [4.78, 5) is 23.2. The van der Waals surface area contributed by atoms with Crippen LogP contribution in [0, 0.1) is 11.6 Å². The van der Waals surface area contributed by atoms with Crippen LogP contribution in [0.25, 0.3) is 0 Å². The molecule has 2 rings (SSSR count). The summed E-state index contributed by atoms with van der Waals surface area (Å²) in [5.74, 6) is -2.94. The standard InChI is InChI=1S/C20H22F2N2O3/c1-13(16-8-5-9-17(21)19(16)22)23-20(27)24-15(10-11-18(25)26)12-14-6-3-2-4-7-14/h2-9,13,15H,10-12H2,1H3,(H,25,26)(H2,23,24,27). The number of rotatable bonds is 8. The number of halogens is 2. The highest BCUT2D eigenvalue weighted by Crippen LogP contribution is 2.19. The molecule has 0 aliphatic heterocycles. The molecule has 7 heteroatoms. The van der Waals surface area contributed by atoms with Gasteiger partial charge in [-0.05, 0) is 31.4 Å². The fourth-order valence-electron chi connectivity index (χ4n) is 2.78. The van der Waals surface area contributed by atoms with Gasteiger partial charge in [-0.1, -0.05) is 42.5 Å². The Morgan fingerprint density at radius 1 is 1.04 bits per heavy atom. The number of carboxylic acid groups (broad SMARTS) is 1. The molecular formula is C20H22F2N2O3. The molecule has 5 nitrogen and oxygen atoms in total. The molecule has 2 amide bonds. The molecule has 0 aliphatic carbocycles. The minimum atomic E-state index is -1.00. The van der Waals surface area contributed by atoms with Gasteiger partial charge < -0.3 is 15.7 Å². The van der Waals surface area contributed by atoms with E-state index in [1.807, 2.05) is 30.3 Å². The molecule has 144 valence electrons. The van der Waals surface area contributed by atoms with Crippen molar-refractivity contribution >= 4 is 12.0 Å². The highest BCUT2D eigenvalue weighted by molar-refractivity contribution is 5.75. The highest BCUT2D eigenvalue weighted by atomic mass is 19.2. The fraction of sp³-hybridized carbons (Fsp3) is 0.300. The fourth-order valence-corrected chi connectivity index (χ4v) is 2.78. The molecule has 2 aromatic carbocycles. The maximum atomic E-state index is 13.9. The Morgan fingerprint density at radius 3 is 2.41 bits per heavy atom. The van der Waals surface area contributed by atoms with E-state index in [9.17, 15) is 18.4 Å². The lowest BCUT2D eigenvalue weighted by Gasteiger charge is -2.21. The van der Waals surface area contributed by atoms with Crippen LogP contribution in [0.1, 0.15) is 36.9 Å². The number of hydrogen-bond acceptors (Lipinski definition) is 2. The van der Waals surface area contributed by atoms with Gasteiger partial charge in [-0.15, -0.1) is 0 Å². The summed E-state index contributed by atoms with van der Waals surface area (Å²) in [5, 5.41) is 14.2. The van der Waals surface area contributed by atoms with Crippen molar-refractivity contribution in [3.05, 3.63) is 71.3 Å². The third-order valence-electron chi connectivity index (χ3n) is 4.16. The molecule has 0 bridgehead atoms. The van der Waals surface area contributed by atoms with E-state index in [1.165, 1.54) is 12.1 Å². The van der Waals surface area contributed by atoms with Gasteiger partial charge in [0.25, 0.3) is 0 Å². The predicted molar refractivity (Wildman–Crippen MR) is 97.2 cm³/mol.